The Labute approximate surface area is 196 Å². The van der Waals surface area contributed by atoms with E-state index in [0.717, 1.165) is 46.4 Å². The topological polar surface area (TPSA) is 85.8 Å². The van der Waals surface area contributed by atoms with Gasteiger partial charge in [0.1, 0.15) is 0 Å². The first-order valence-electron chi connectivity index (χ1n) is 11.4. The Morgan fingerprint density at radius 3 is 2.59 bits per heavy atom. The van der Waals surface area contributed by atoms with Gasteiger partial charge >= 0.3 is 0 Å². The molecule has 0 saturated heterocycles. The minimum absolute atomic E-state index is 0.163. The number of carbonyl (C=O) groups excluding carboxylic acids is 1. The Kier molecular flexibility index (Phi) is 4.95. The number of benzene rings is 2. The van der Waals surface area contributed by atoms with Gasteiger partial charge in [-0.15, -0.1) is 0 Å². The van der Waals surface area contributed by atoms with E-state index in [1.165, 1.54) is 0 Å². The highest BCUT2D eigenvalue weighted by Gasteiger charge is 2.29. The third-order valence-corrected chi connectivity index (χ3v) is 6.18. The number of aromatic nitrogens is 4. The Bertz CT molecular complexity index is 1470. The van der Waals surface area contributed by atoms with Crippen LogP contribution < -0.4 is 5.32 Å². The molecule has 0 atom stereocenters. The molecule has 1 fully saturated rings. The summed E-state index contributed by atoms with van der Waals surface area (Å²) in [6.07, 6.45) is 3.82. The standard InChI is InChI=1S/C27H23N5O2/c1-17-25-22(27(33)29-21-11-9-20(10-12-21)24-13-14-28-34-24)15-23(19-7-8-19)30-26(25)32(31-17)16-18-5-3-2-4-6-18/h2-6,9-15,19H,7-8,16H2,1H3,(H,29,33). The Morgan fingerprint density at radius 1 is 1.09 bits per heavy atom. The molecule has 1 saturated carbocycles. The number of aryl methyl sites for hydroxylation is 1. The molecule has 0 bridgehead atoms. The van der Waals surface area contributed by atoms with Crippen LogP contribution in [0, 0.1) is 6.92 Å². The Balaban J connectivity index is 1.35. The van der Waals surface area contributed by atoms with Gasteiger partial charge in [-0.1, -0.05) is 35.5 Å². The quantitative estimate of drug-likeness (QED) is 0.366. The smallest absolute Gasteiger partial charge is 0.256 e. The minimum Gasteiger partial charge on any atom is -0.356 e. The number of hydrogen-bond donors (Lipinski definition) is 1. The van der Waals surface area contributed by atoms with Crippen molar-refractivity contribution < 1.29 is 9.32 Å². The van der Waals surface area contributed by atoms with Crippen molar-refractivity contribution in [3.8, 4) is 11.3 Å². The number of hydrogen-bond acceptors (Lipinski definition) is 5. The van der Waals surface area contributed by atoms with Crippen molar-refractivity contribution in [1.29, 1.82) is 0 Å². The van der Waals surface area contributed by atoms with Crippen molar-refractivity contribution >= 4 is 22.6 Å². The van der Waals surface area contributed by atoms with Gasteiger partial charge in [0.05, 0.1) is 29.4 Å². The molecular formula is C27H23N5O2. The van der Waals surface area contributed by atoms with Gasteiger partial charge in [0, 0.05) is 28.9 Å². The molecule has 7 nitrogen and oxygen atoms in total. The third-order valence-electron chi connectivity index (χ3n) is 6.18. The summed E-state index contributed by atoms with van der Waals surface area (Å²) in [4.78, 5) is 18.4. The first-order chi connectivity index (χ1) is 16.7. The van der Waals surface area contributed by atoms with Crippen molar-refractivity contribution in [1.82, 2.24) is 19.9 Å². The van der Waals surface area contributed by atoms with Crippen LogP contribution in [0.3, 0.4) is 0 Å². The summed E-state index contributed by atoms with van der Waals surface area (Å²) in [5.41, 5.74) is 5.89. The average molecular weight is 450 g/mol. The summed E-state index contributed by atoms with van der Waals surface area (Å²) >= 11 is 0. The Hall–Kier alpha value is -4.26. The predicted molar refractivity (Wildman–Crippen MR) is 130 cm³/mol. The lowest BCUT2D eigenvalue weighted by Gasteiger charge is -2.10. The molecule has 2 aromatic carbocycles. The number of rotatable bonds is 6. The van der Waals surface area contributed by atoms with Gasteiger partial charge in [0.2, 0.25) is 0 Å². The predicted octanol–water partition coefficient (Wildman–Crippen LogP) is 5.57. The molecule has 7 heteroatoms. The highest BCUT2D eigenvalue weighted by Crippen LogP contribution is 2.40. The largest absolute Gasteiger partial charge is 0.356 e. The molecule has 6 rings (SSSR count). The molecule has 1 amide bonds. The lowest BCUT2D eigenvalue weighted by molar-refractivity contribution is 0.102. The summed E-state index contributed by atoms with van der Waals surface area (Å²) in [5, 5.41) is 12.3. The first kappa shape index (κ1) is 20.4. The average Bonchev–Trinajstić information content (AvgIpc) is 3.48. The van der Waals surface area contributed by atoms with Crippen molar-refractivity contribution in [2.75, 3.05) is 5.32 Å². The first-order valence-corrected chi connectivity index (χ1v) is 11.4. The summed E-state index contributed by atoms with van der Waals surface area (Å²) in [7, 11) is 0. The number of anilines is 1. The fourth-order valence-electron chi connectivity index (χ4n) is 4.29. The molecule has 1 aliphatic carbocycles. The summed E-state index contributed by atoms with van der Waals surface area (Å²) in [6, 6.07) is 21.5. The number of fused-ring (bicyclic) bond motifs is 1. The lowest BCUT2D eigenvalue weighted by Crippen LogP contribution is -2.14. The van der Waals surface area contributed by atoms with Crippen LogP contribution in [0.25, 0.3) is 22.4 Å². The van der Waals surface area contributed by atoms with E-state index in [0.29, 0.717) is 29.5 Å². The molecule has 5 aromatic rings. The van der Waals surface area contributed by atoms with Gasteiger partial charge in [-0.3, -0.25) is 4.79 Å². The maximum absolute atomic E-state index is 13.5. The fourth-order valence-corrected chi connectivity index (χ4v) is 4.29. The molecule has 1 aliphatic rings. The number of nitrogens with zero attached hydrogens (tertiary/aromatic N) is 4. The maximum Gasteiger partial charge on any atom is 0.256 e. The zero-order chi connectivity index (χ0) is 23.1. The van der Waals surface area contributed by atoms with E-state index in [4.69, 9.17) is 14.6 Å². The Morgan fingerprint density at radius 2 is 1.88 bits per heavy atom. The summed E-state index contributed by atoms with van der Waals surface area (Å²) < 4.78 is 7.12. The second kappa shape index (κ2) is 8.26. The molecule has 0 aliphatic heterocycles. The molecule has 0 spiro atoms. The highest BCUT2D eigenvalue weighted by atomic mass is 16.5. The number of nitrogens with one attached hydrogen (secondary N) is 1. The van der Waals surface area contributed by atoms with Gasteiger partial charge in [0.25, 0.3) is 5.91 Å². The summed E-state index contributed by atoms with van der Waals surface area (Å²) in [5.74, 6) is 0.936. The van der Waals surface area contributed by atoms with E-state index in [-0.39, 0.29) is 5.91 Å². The van der Waals surface area contributed by atoms with Gasteiger partial charge in [-0.25, -0.2) is 9.67 Å². The zero-order valence-electron chi connectivity index (χ0n) is 18.7. The van der Waals surface area contributed by atoms with Crippen molar-refractivity contribution in [2.24, 2.45) is 0 Å². The van der Waals surface area contributed by atoms with Crippen molar-refractivity contribution in [2.45, 2.75) is 32.2 Å². The summed E-state index contributed by atoms with van der Waals surface area (Å²) in [6.45, 7) is 2.54. The second-order valence-electron chi connectivity index (χ2n) is 8.70. The number of amides is 1. The van der Waals surface area contributed by atoms with Gasteiger partial charge in [0.15, 0.2) is 11.4 Å². The van der Waals surface area contributed by atoms with E-state index in [1.807, 2.05) is 60.1 Å². The van der Waals surface area contributed by atoms with E-state index >= 15 is 0 Å². The molecule has 3 heterocycles. The maximum atomic E-state index is 13.5. The number of carbonyl (C=O) groups is 1. The van der Waals surface area contributed by atoms with Crippen LogP contribution in [0.4, 0.5) is 5.69 Å². The monoisotopic (exact) mass is 449 g/mol. The normalized spacial score (nSPS) is 13.3. The van der Waals surface area contributed by atoms with E-state index in [1.54, 1.807) is 12.3 Å². The van der Waals surface area contributed by atoms with Crippen LogP contribution >= 0.6 is 0 Å². The van der Waals surface area contributed by atoms with E-state index in [9.17, 15) is 4.79 Å². The molecule has 3 aromatic heterocycles. The molecule has 1 N–H and O–H groups in total. The zero-order valence-corrected chi connectivity index (χ0v) is 18.7. The van der Waals surface area contributed by atoms with Crippen LogP contribution in [0.2, 0.25) is 0 Å². The number of pyridine rings is 1. The van der Waals surface area contributed by atoms with Crippen LogP contribution in [-0.4, -0.2) is 25.8 Å². The van der Waals surface area contributed by atoms with Gasteiger partial charge in [-0.2, -0.15) is 5.10 Å². The van der Waals surface area contributed by atoms with Crippen molar-refractivity contribution in [3.05, 3.63) is 95.4 Å². The highest BCUT2D eigenvalue weighted by molar-refractivity contribution is 6.12. The third kappa shape index (κ3) is 3.85. The van der Waals surface area contributed by atoms with Crippen LogP contribution in [0.5, 0.6) is 0 Å². The van der Waals surface area contributed by atoms with Crippen LogP contribution in [-0.2, 0) is 6.54 Å². The molecule has 0 radical (unpaired) electrons. The molecule has 34 heavy (non-hydrogen) atoms. The van der Waals surface area contributed by atoms with E-state index in [2.05, 4.69) is 22.6 Å². The minimum atomic E-state index is -0.163. The molecule has 0 unspecified atom stereocenters. The van der Waals surface area contributed by atoms with Crippen molar-refractivity contribution in [3.63, 3.8) is 0 Å². The van der Waals surface area contributed by atoms with E-state index < -0.39 is 0 Å². The van der Waals surface area contributed by atoms with Crippen LogP contribution in [0.1, 0.15) is 46.1 Å². The SMILES string of the molecule is Cc1nn(Cc2ccccc2)c2nc(C3CC3)cc(C(=O)Nc3ccc(-c4ccno4)cc3)c12. The van der Waals surface area contributed by atoms with Gasteiger partial charge in [-0.05, 0) is 55.7 Å². The lowest BCUT2D eigenvalue weighted by atomic mass is 10.1. The van der Waals surface area contributed by atoms with Crippen LogP contribution in [0.15, 0.2) is 77.4 Å². The van der Waals surface area contributed by atoms with Gasteiger partial charge < -0.3 is 9.84 Å². The molecule has 168 valence electrons. The molecular weight excluding hydrogens is 426 g/mol. The fraction of sp³-hybridized carbons (Fsp3) is 0.185. The second-order valence-corrected chi connectivity index (χ2v) is 8.70.